The summed E-state index contributed by atoms with van der Waals surface area (Å²) in [5.74, 6) is 0.801. The molecule has 2 heterocycles. The SMILES string of the molecule is COc1ccc2nc([C@@H](C)N(C(=O)[C@H]3CNCCO3)C3CC3)cc(CCCNC(C)=O)c2c1. The van der Waals surface area contributed by atoms with E-state index in [1.54, 1.807) is 7.11 Å². The van der Waals surface area contributed by atoms with E-state index in [0.29, 0.717) is 19.7 Å². The first-order valence-corrected chi connectivity index (χ1v) is 11.8. The molecule has 178 valence electrons. The highest BCUT2D eigenvalue weighted by Crippen LogP contribution is 2.36. The van der Waals surface area contributed by atoms with Gasteiger partial charge >= 0.3 is 0 Å². The highest BCUT2D eigenvalue weighted by molar-refractivity contribution is 5.85. The topological polar surface area (TPSA) is 92.8 Å². The summed E-state index contributed by atoms with van der Waals surface area (Å²) < 4.78 is 11.2. The zero-order valence-electron chi connectivity index (χ0n) is 19.7. The van der Waals surface area contributed by atoms with Crippen molar-refractivity contribution in [2.24, 2.45) is 0 Å². The molecule has 4 rings (SSSR count). The number of rotatable bonds is 9. The number of aryl methyl sites for hydroxylation is 1. The molecule has 1 aliphatic heterocycles. The van der Waals surface area contributed by atoms with Gasteiger partial charge in [0.15, 0.2) is 0 Å². The summed E-state index contributed by atoms with van der Waals surface area (Å²) in [6.07, 6.45) is 3.20. The Morgan fingerprint density at radius 2 is 2.15 bits per heavy atom. The molecule has 1 aromatic carbocycles. The van der Waals surface area contributed by atoms with E-state index in [2.05, 4.69) is 23.6 Å². The van der Waals surface area contributed by atoms with Crippen LogP contribution in [0.1, 0.15) is 50.4 Å². The molecule has 2 aromatic rings. The number of methoxy groups -OCH3 is 1. The first-order chi connectivity index (χ1) is 16.0. The van der Waals surface area contributed by atoms with Gasteiger partial charge in [-0.3, -0.25) is 14.6 Å². The van der Waals surface area contributed by atoms with Crippen LogP contribution in [0.4, 0.5) is 0 Å². The van der Waals surface area contributed by atoms with Gasteiger partial charge in [0.25, 0.3) is 5.91 Å². The van der Waals surface area contributed by atoms with E-state index in [0.717, 1.165) is 60.1 Å². The van der Waals surface area contributed by atoms with Crippen LogP contribution in [0, 0.1) is 0 Å². The fraction of sp³-hybridized carbons (Fsp3) is 0.560. The summed E-state index contributed by atoms with van der Waals surface area (Å²) in [6.45, 7) is 6.09. The number of fused-ring (bicyclic) bond motifs is 1. The standard InChI is InChI=1S/C25H34N4O4/c1-16(29(19-6-7-19)25(31)24-15-26-11-12-33-24)23-13-18(5-4-10-27-17(2)30)21-14-20(32-3)8-9-22(21)28-23/h8-9,13-14,16,19,24,26H,4-7,10-12,15H2,1-3H3,(H,27,30)/t16-,24-/m1/s1. The Hall–Kier alpha value is -2.71. The maximum atomic E-state index is 13.4. The first kappa shape index (κ1) is 23.4. The van der Waals surface area contributed by atoms with Gasteiger partial charge in [0.1, 0.15) is 11.9 Å². The lowest BCUT2D eigenvalue weighted by Crippen LogP contribution is -2.50. The smallest absolute Gasteiger partial charge is 0.253 e. The Labute approximate surface area is 195 Å². The number of nitrogens with one attached hydrogen (secondary N) is 2. The maximum absolute atomic E-state index is 13.4. The van der Waals surface area contributed by atoms with E-state index in [4.69, 9.17) is 14.5 Å². The van der Waals surface area contributed by atoms with E-state index in [-0.39, 0.29) is 23.9 Å². The molecule has 2 N–H and O–H groups in total. The van der Waals surface area contributed by atoms with Gasteiger partial charge in [-0.25, -0.2) is 0 Å². The van der Waals surface area contributed by atoms with Crippen molar-refractivity contribution in [1.29, 1.82) is 0 Å². The van der Waals surface area contributed by atoms with Crippen molar-refractivity contribution >= 4 is 22.7 Å². The Balaban J connectivity index is 1.63. The third kappa shape index (κ3) is 5.62. The fourth-order valence-corrected chi connectivity index (χ4v) is 4.46. The minimum atomic E-state index is -0.441. The minimum absolute atomic E-state index is 0.0245. The Kier molecular flexibility index (Phi) is 7.45. The largest absolute Gasteiger partial charge is 0.497 e. The highest BCUT2D eigenvalue weighted by Gasteiger charge is 2.40. The molecule has 1 aliphatic carbocycles. The molecule has 8 nitrogen and oxygen atoms in total. The summed E-state index contributed by atoms with van der Waals surface area (Å²) in [7, 11) is 1.66. The number of carbonyl (C=O) groups excluding carboxylic acids is 2. The number of pyridine rings is 1. The molecule has 2 fully saturated rings. The molecule has 0 unspecified atom stereocenters. The van der Waals surface area contributed by atoms with Crippen LogP contribution in [0.2, 0.25) is 0 Å². The second-order valence-electron chi connectivity index (χ2n) is 8.89. The number of benzene rings is 1. The van der Waals surface area contributed by atoms with Gasteiger partial charge in [0.2, 0.25) is 5.91 Å². The number of hydrogen-bond acceptors (Lipinski definition) is 6. The molecule has 0 bridgehead atoms. The first-order valence-electron chi connectivity index (χ1n) is 11.8. The van der Waals surface area contributed by atoms with Crippen LogP contribution in [-0.4, -0.2) is 67.2 Å². The van der Waals surface area contributed by atoms with Crippen LogP contribution >= 0.6 is 0 Å². The van der Waals surface area contributed by atoms with Crippen LogP contribution in [0.25, 0.3) is 10.9 Å². The molecular formula is C25H34N4O4. The van der Waals surface area contributed by atoms with E-state index < -0.39 is 6.10 Å². The highest BCUT2D eigenvalue weighted by atomic mass is 16.5. The average molecular weight is 455 g/mol. The third-order valence-corrected chi connectivity index (χ3v) is 6.36. The molecule has 2 atom stereocenters. The molecule has 1 saturated heterocycles. The predicted octanol–water partition coefficient (Wildman–Crippen LogP) is 2.35. The van der Waals surface area contributed by atoms with Crippen molar-refractivity contribution in [3.8, 4) is 5.75 Å². The van der Waals surface area contributed by atoms with Crippen molar-refractivity contribution in [1.82, 2.24) is 20.5 Å². The van der Waals surface area contributed by atoms with Gasteiger partial charge in [-0.2, -0.15) is 0 Å². The van der Waals surface area contributed by atoms with Gasteiger partial charge in [-0.05, 0) is 62.4 Å². The number of hydrogen-bond donors (Lipinski definition) is 2. The second kappa shape index (κ2) is 10.5. The van der Waals surface area contributed by atoms with Crippen LogP contribution in [0.15, 0.2) is 24.3 Å². The lowest BCUT2D eigenvalue weighted by molar-refractivity contribution is -0.148. The number of carbonyl (C=O) groups is 2. The zero-order chi connectivity index (χ0) is 23.4. The quantitative estimate of drug-likeness (QED) is 0.565. The van der Waals surface area contributed by atoms with Crippen molar-refractivity contribution in [3.63, 3.8) is 0 Å². The third-order valence-electron chi connectivity index (χ3n) is 6.36. The molecule has 1 saturated carbocycles. The summed E-state index contributed by atoms with van der Waals surface area (Å²) in [6, 6.07) is 8.10. The normalized spacial score (nSPS) is 19.2. The predicted molar refractivity (Wildman–Crippen MR) is 126 cm³/mol. The van der Waals surface area contributed by atoms with Crippen molar-refractivity contribution in [3.05, 3.63) is 35.5 Å². The number of ether oxygens (including phenoxy) is 2. The average Bonchev–Trinajstić information content (AvgIpc) is 3.66. The van der Waals surface area contributed by atoms with Gasteiger partial charge < -0.3 is 25.0 Å². The summed E-state index contributed by atoms with van der Waals surface area (Å²) >= 11 is 0. The molecular weight excluding hydrogens is 420 g/mol. The molecule has 0 spiro atoms. The van der Waals surface area contributed by atoms with E-state index in [9.17, 15) is 9.59 Å². The molecule has 2 amide bonds. The maximum Gasteiger partial charge on any atom is 0.253 e. The summed E-state index contributed by atoms with van der Waals surface area (Å²) in [4.78, 5) is 31.6. The van der Waals surface area contributed by atoms with Crippen molar-refractivity contribution < 1.29 is 19.1 Å². The Morgan fingerprint density at radius 1 is 1.33 bits per heavy atom. The van der Waals surface area contributed by atoms with Crippen LogP contribution in [0.3, 0.4) is 0 Å². The molecule has 2 aliphatic rings. The van der Waals surface area contributed by atoms with Crippen molar-refractivity contribution in [2.45, 2.75) is 57.7 Å². The lowest BCUT2D eigenvalue weighted by Gasteiger charge is -2.34. The Bertz CT molecular complexity index is 1000. The van der Waals surface area contributed by atoms with Crippen LogP contribution in [-0.2, 0) is 20.7 Å². The number of morpholine rings is 1. The Morgan fingerprint density at radius 3 is 2.82 bits per heavy atom. The molecule has 33 heavy (non-hydrogen) atoms. The summed E-state index contributed by atoms with van der Waals surface area (Å²) in [5.41, 5.74) is 2.91. The second-order valence-corrected chi connectivity index (χ2v) is 8.89. The molecule has 0 radical (unpaired) electrons. The number of nitrogens with zero attached hydrogens (tertiary/aromatic N) is 2. The lowest BCUT2D eigenvalue weighted by atomic mass is 10.00. The molecule has 8 heteroatoms. The minimum Gasteiger partial charge on any atom is -0.497 e. The van der Waals surface area contributed by atoms with E-state index >= 15 is 0 Å². The molecule has 1 aromatic heterocycles. The van der Waals surface area contributed by atoms with Gasteiger partial charge in [0, 0.05) is 38.0 Å². The van der Waals surface area contributed by atoms with Crippen molar-refractivity contribution in [2.75, 3.05) is 33.4 Å². The number of aromatic nitrogens is 1. The van der Waals surface area contributed by atoms with Gasteiger partial charge in [0.05, 0.1) is 31.0 Å². The fourth-order valence-electron chi connectivity index (χ4n) is 4.46. The van der Waals surface area contributed by atoms with Crippen LogP contribution in [0.5, 0.6) is 5.75 Å². The zero-order valence-corrected chi connectivity index (χ0v) is 19.7. The monoisotopic (exact) mass is 454 g/mol. The number of amides is 2. The van der Waals surface area contributed by atoms with Gasteiger partial charge in [-0.15, -0.1) is 0 Å². The van der Waals surface area contributed by atoms with Crippen LogP contribution < -0.4 is 15.4 Å². The van der Waals surface area contributed by atoms with Gasteiger partial charge in [-0.1, -0.05) is 0 Å². The van der Waals surface area contributed by atoms with E-state index in [1.165, 1.54) is 6.92 Å². The van der Waals surface area contributed by atoms with E-state index in [1.807, 2.05) is 23.1 Å². The summed E-state index contributed by atoms with van der Waals surface area (Å²) in [5, 5.41) is 7.16.